The summed E-state index contributed by atoms with van der Waals surface area (Å²) in [4.78, 5) is 15.8. The molecule has 0 radical (unpaired) electrons. The number of benzene rings is 1. The van der Waals surface area contributed by atoms with E-state index in [1.165, 1.54) is 4.80 Å². The Bertz CT molecular complexity index is 1140. The molecule has 0 aliphatic heterocycles. The number of carbonyl (C=O) groups is 1. The first-order valence-electron chi connectivity index (χ1n) is 9.68. The molecule has 10 nitrogen and oxygen atoms in total. The zero-order chi connectivity index (χ0) is 21.1. The number of aryl methyl sites for hydroxylation is 2. The summed E-state index contributed by atoms with van der Waals surface area (Å²) in [6.45, 7) is 5.51. The predicted molar refractivity (Wildman–Crippen MR) is 109 cm³/mol. The zero-order valence-electron chi connectivity index (χ0n) is 17.2. The van der Waals surface area contributed by atoms with E-state index >= 15 is 0 Å². The molecule has 3 heterocycles. The zero-order valence-corrected chi connectivity index (χ0v) is 17.2. The average Bonchev–Trinajstić information content (AvgIpc) is 3.49. The van der Waals surface area contributed by atoms with Gasteiger partial charge in [-0.3, -0.25) is 9.48 Å². The van der Waals surface area contributed by atoms with Crippen molar-refractivity contribution in [1.82, 2.24) is 44.7 Å². The summed E-state index contributed by atoms with van der Waals surface area (Å²) < 4.78 is 3.48. The van der Waals surface area contributed by atoms with Crippen molar-refractivity contribution < 1.29 is 4.79 Å². The molecule has 1 aromatic carbocycles. The molecule has 0 aliphatic rings. The lowest BCUT2D eigenvalue weighted by Gasteiger charge is -2.15. The van der Waals surface area contributed by atoms with E-state index in [9.17, 15) is 4.79 Å². The molecule has 0 N–H and O–H groups in total. The van der Waals surface area contributed by atoms with Crippen molar-refractivity contribution in [2.24, 2.45) is 0 Å². The number of aromatic nitrogens is 8. The molecule has 0 aliphatic carbocycles. The van der Waals surface area contributed by atoms with Crippen LogP contribution in [-0.2, 0) is 19.8 Å². The van der Waals surface area contributed by atoms with Crippen LogP contribution in [0.25, 0.3) is 11.4 Å². The van der Waals surface area contributed by atoms with Crippen LogP contribution in [0.3, 0.4) is 0 Å². The van der Waals surface area contributed by atoms with E-state index < -0.39 is 0 Å². The van der Waals surface area contributed by atoms with Crippen molar-refractivity contribution in [3.63, 3.8) is 0 Å². The molecule has 30 heavy (non-hydrogen) atoms. The van der Waals surface area contributed by atoms with Gasteiger partial charge in [-0.05, 0) is 25.1 Å². The highest BCUT2D eigenvalue weighted by Crippen LogP contribution is 2.13. The van der Waals surface area contributed by atoms with Crippen LogP contribution < -0.4 is 0 Å². The topological polar surface area (TPSA) is 99.6 Å². The molecule has 10 heteroatoms. The molecular weight excluding hydrogens is 382 g/mol. The molecule has 0 unspecified atom stereocenters. The minimum absolute atomic E-state index is 0.158. The minimum Gasteiger partial charge on any atom is -0.336 e. The van der Waals surface area contributed by atoms with Crippen molar-refractivity contribution in [2.45, 2.75) is 33.6 Å². The van der Waals surface area contributed by atoms with Gasteiger partial charge in [0.1, 0.15) is 5.69 Å². The number of nitrogens with zero attached hydrogens (tertiary/aromatic N) is 9. The van der Waals surface area contributed by atoms with Crippen LogP contribution in [-0.4, -0.2) is 57.6 Å². The van der Waals surface area contributed by atoms with Gasteiger partial charge in [0, 0.05) is 43.7 Å². The van der Waals surface area contributed by atoms with Gasteiger partial charge in [-0.2, -0.15) is 10.2 Å². The lowest BCUT2D eigenvalue weighted by Crippen LogP contribution is -2.27. The maximum absolute atomic E-state index is 12.8. The van der Waals surface area contributed by atoms with Crippen molar-refractivity contribution >= 4 is 5.91 Å². The molecular formula is C20H23N9O. The average molecular weight is 405 g/mol. The van der Waals surface area contributed by atoms with Gasteiger partial charge in [-0.25, -0.2) is 4.68 Å². The fraction of sp³-hybridized carbons (Fsp3) is 0.300. The third kappa shape index (κ3) is 4.12. The van der Waals surface area contributed by atoms with Gasteiger partial charge in [0.05, 0.1) is 5.69 Å². The summed E-state index contributed by atoms with van der Waals surface area (Å²) in [7, 11) is 1.76. The Kier molecular flexibility index (Phi) is 5.38. The van der Waals surface area contributed by atoms with Crippen LogP contribution in [0.4, 0.5) is 0 Å². The van der Waals surface area contributed by atoms with E-state index in [0.717, 1.165) is 23.4 Å². The second-order valence-corrected chi connectivity index (χ2v) is 6.99. The summed E-state index contributed by atoms with van der Waals surface area (Å²) in [5.41, 5.74) is 3.20. The number of tetrazole rings is 1. The van der Waals surface area contributed by atoms with Gasteiger partial charge in [0.2, 0.25) is 5.82 Å². The van der Waals surface area contributed by atoms with Gasteiger partial charge in [0.15, 0.2) is 6.67 Å². The van der Waals surface area contributed by atoms with E-state index in [1.54, 1.807) is 28.9 Å². The third-order valence-electron chi connectivity index (χ3n) is 4.74. The van der Waals surface area contributed by atoms with Crippen molar-refractivity contribution in [3.05, 3.63) is 65.7 Å². The van der Waals surface area contributed by atoms with Crippen LogP contribution in [0.15, 0.2) is 48.8 Å². The summed E-state index contributed by atoms with van der Waals surface area (Å²) in [5.74, 6) is 0.385. The number of carbonyl (C=O) groups excluding carboxylic acids is 1. The number of hydrogen-bond donors (Lipinski definition) is 0. The van der Waals surface area contributed by atoms with Crippen molar-refractivity contribution in [2.75, 3.05) is 7.05 Å². The van der Waals surface area contributed by atoms with E-state index in [2.05, 4.69) is 25.6 Å². The molecule has 0 saturated heterocycles. The molecule has 1 amide bonds. The Morgan fingerprint density at radius 1 is 1.07 bits per heavy atom. The van der Waals surface area contributed by atoms with E-state index in [1.807, 2.05) is 55.1 Å². The largest absolute Gasteiger partial charge is 0.336 e. The first-order chi connectivity index (χ1) is 14.5. The van der Waals surface area contributed by atoms with Crippen LogP contribution >= 0.6 is 0 Å². The Morgan fingerprint density at radius 2 is 1.87 bits per heavy atom. The lowest BCUT2D eigenvalue weighted by atomic mass is 10.2. The molecule has 0 atom stereocenters. The van der Waals surface area contributed by atoms with Gasteiger partial charge >= 0.3 is 0 Å². The lowest BCUT2D eigenvalue weighted by molar-refractivity contribution is 0.0778. The van der Waals surface area contributed by atoms with Gasteiger partial charge < -0.3 is 4.90 Å². The smallest absolute Gasteiger partial charge is 0.274 e. The maximum Gasteiger partial charge on any atom is 0.274 e. The highest BCUT2D eigenvalue weighted by molar-refractivity contribution is 5.91. The summed E-state index contributed by atoms with van der Waals surface area (Å²) in [5, 5.41) is 21.3. The van der Waals surface area contributed by atoms with Gasteiger partial charge in [-0.1, -0.05) is 30.3 Å². The molecule has 4 aromatic rings. The molecule has 4 rings (SSSR count). The SMILES string of the molecule is CCn1cc(CN(C)C(=O)c2ccn(Cn3nnc(-c4ccccc4)n3)n2)c(C)n1. The predicted octanol–water partition coefficient (Wildman–Crippen LogP) is 1.84. The summed E-state index contributed by atoms with van der Waals surface area (Å²) in [6, 6.07) is 11.3. The van der Waals surface area contributed by atoms with Crippen LogP contribution in [0.5, 0.6) is 0 Å². The first-order valence-corrected chi connectivity index (χ1v) is 9.68. The van der Waals surface area contributed by atoms with E-state index in [0.29, 0.717) is 18.1 Å². The third-order valence-corrected chi connectivity index (χ3v) is 4.74. The quantitative estimate of drug-likeness (QED) is 0.465. The van der Waals surface area contributed by atoms with Crippen molar-refractivity contribution in [1.29, 1.82) is 0 Å². The van der Waals surface area contributed by atoms with E-state index in [4.69, 9.17) is 0 Å². The minimum atomic E-state index is -0.158. The van der Waals surface area contributed by atoms with Crippen molar-refractivity contribution in [3.8, 4) is 11.4 Å². The maximum atomic E-state index is 12.8. The van der Waals surface area contributed by atoms with Gasteiger partial charge in [-0.15, -0.1) is 15.0 Å². The van der Waals surface area contributed by atoms with Crippen LogP contribution in [0.2, 0.25) is 0 Å². The molecule has 0 bridgehead atoms. The Balaban J connectivity index is 1.41. The molecule has 0 spiro atoms. The fourth-order valence-corrected chi connectivity index (χ4v) is 3.09. The Hall–Kier alpha value is -3.82. The van der Waals surface area contributed by atoms with Crippen LogP contribution in [0, 0.1) is 6.92 Å². The molecule has 0 saturated carbocycles. The second-order valence-electron chi connectivity index (χ2n) is 6.99. The highest BCUT2D eigenvalue weighted by atomic mass is 16.2. The number of hydrogen-bond acceptors (Lipinski definition) is 6. The Morgan fingerprint density at radius 3 is 2.60 bits per heavy atom. The highest BCUT2D eigenvalue weighted by Gasteiger charge is 2.17. The normalized spacial score (nSPS) is 11.0. The van der Waals surface area contributed by atoms with E-state index in [-0.39, 0.29) is 12.6 Å². The summed E-state index contributed by atoms with van der Waals surface area (Å²) in [6.07, 6.45) is 3.70. The molecule has 3 aromatic heterocycles. The van der Waals surface area contributed by atoms with Gasteiger partial charge in [0.25, 0.3) is 5.91 Å². The number of amides is 1. The second kappa shape index (κ2) is 8.27. The monoisotopic (exact) mass is 405 g/mol. The number of rotatable bonds is 7. The fourth-order valence-electron chi connectivity index (χ4n) is 3.09. The first kappa shape index (κ1) is 19.5. The Labute approximate surface area is 173 Å². The standard InChI is InChI=1S/C20H23N9O/c1-4-27-13-17(15(2)22-27)12-26(3)20(30)18-10-11-28(23-18)14-29-24-19(21-25-29)16-8-6-5-7-9-16/h5-11,13H,4,12,14H2,1-3H3. The molecule has 154 valence electrons. The van der Waals surface area contributed by atoms with Crippen LogP contribution in [0.1, 0.15) is 28.7 Å². The summed E-state index contributed by atoms with van der Waals surface area (Å²) >= 11 is 0. The molecule has 0 fully saturated rings.